The highest BCUT2D eigenvalue weighted by atomic mass is 32.1. The molecule has 1 aliphatic rings. The van der Waals surface area contributed by atoms with Crippen LogP contribution >= 0.6 is 11.3 Å². The maximum Gasteiger partial charge on any atom is 0.341 e. The first-order valence-electron chi connectivity index (χ1n) is 9.17. The van der Waals surface area contributed by atoms with Gasteiger partial charge < -0.3 is 10.1 Å². The number of fused-ring (bicyclic) bond motifs is 1. The van der Waals surface area contributed by atoms with Crippen molar-refractivity contribution in [3.8, 4) is 0 Å². The van der Waals surface area contributed by atoms with E-state index in [1.54, 1.807) is 0 Å². The van der Waals surface area contributed by atoms with Crippen LogP contribution in [0.1, 0.15) is 63.9 Å². The topological polar surface area (TPSA) is 90.3 Å². The van der Waals surface area contributed by atoms with Crippen molar-refractivity contribution >= 4 is 28.2 Å². The minimum Gasteiger partial charge on any atom is -0.465 e. The van der Waals surface area contributed by atoms with Crippen LogP contribution in [0.15, 0.2) is 16.9 Å². The first-order valence-corrected chi connectivity index (χ1v) is 9.99. The van der Waals surface area contributed by atoms with E-state index in [0.717, 1.165) is 49.0 Å². The van der Waals surface area contributed by atoms with Crippen LogP contribution < -0.4 is 10.9 Å². The summed E-state index contributed by atoms with van der Waals surface area (Å²) >= 11 is 1.42. The molecule has 2 aromatic heterocycles. The number of unbranched alkanes of at least 4 members (excludes halogenated alkanes) is 1. The van der Waals surface area contributed by atoms with Gasteiger partial charge in [-0.2, -0.15) is 5.10 Å². The zero-order valence-corrected chi connectivity index (χ0v) is 16.4. The van der Waals surface area contributed by atoms with Crippen molar-refractivity contribution < 1.29 is 14.3 Å². The van der Waals surface area contributed by atoms with Gasteiger partial charge in [0.2, 0.25) is 0 Å². The maximum absolute atomic E-state index is 12.7. The highest BCUT2D eigenvalue weighted by Crippen LogP contribution is 2.38. The van der Waals surface area contributed by atoms with E-state index in [2.05, 4.69) is 10.4 Å². The predicted octanol–water partition coefficient (Wildman–Crippen LogP) is 3.02. The number of rotatable bonds is 6. The monoisotopic (exact) mass is 389 g/mol. The van der Waals surface area contributed by atoms with Crippen LogP contribution in [0, 0.1) is 0 Å². The lowest BCUT2D eigenvalue weighted by Crippen LogP contribution is -2.26. The third kappa shape index (κ3) is 4.10. The van der Waals surface area contributed by atoms with Crippen LogP contribution in [0.5, 0.6) is 0 Å². The molecule has 0 atom stereocenters. The number of hydrogen-bond acceptors (Lipinski definition) is 6. The van der Waals surface area contributed by atoms with Gasteiger partial charge in [-0.05, 0) is 43.7 Å². The third-order valence-electron chi connectivity index (χ3n) is 4.61. The lowest BCUT2D eigenvalue weighted by Gasteiger charge is -2.11. The molecule has 0 aliphatic heterocycles. The van der Waals surface area contributed by atoms with Gasteiger partial charge in [-0.25, -0.2) is 9.48 Å². The minimum absolute atomic E-state index is 0.146. The molecule has 0 spiro atoms. The molecule has 2 aromatic rings. The molecule has 0 unspecified atom stereocenters. The Bertz CT molecular complexity index is 916. The lowest BCUT2D eigenvalue weighted by molar-refractivity contribution is 0.0601. The van der Waals surface area contributed by atoms with Crippen molar-refractivity contribution in [2.45, 2.75) is 52.0 Å². The van der Waals surface area contributed by atoms with E-state index in [1.807, 2.05) is 6.92 Å². The Labute approximate surface area is 161 Å². The molecule has 0 saturated heterocycles. The number of methoxy groups -OCH3 is 1. The fourth-order valence-corrected chi connectivity index (χ4v) is 4.45. The van der Waals surface area contributed by atoms with Crippen LogP contribution in [0.4, 0.5) is 5.00 Å². The van der Waals surface area contributed by atoms with E-state index in [-0.39, 0.29) is 11.3 Å². The highest BCUT2D eigenvalue weighted by molar-refractivity contribution is 7.17. The molecule has 0 fully saturated rings. The van der Waals surface area contributed by atoms with Crippen LogP contribution in [0.3, 0.4) is 0 Å². The van der Waals surface area contributed by atoms with Crippen LogP contribution in [0.2, 0.25) is 0 Å². The quantitative estimate of drug-likeness (QED) is 0.767. The standard InChI is InChI=1S/C19H23N3O4S/c1-3-4-11-22-15(23)10-9-13(21-22)17(24)20-18-16(19(25)26-2)12-7-5-6-8-14(12)27-18/h9-10H,3-8,11H2,1-2H3,(H,20,24). The number of hydrogen-bond donors (Lipinski definition) is 1. The fourth-order valence-electron chi connectivity index (χ4n) is 3.18. The number of nitrogens with zero attached hydrogens (tertiary/aromatic N) is 2. The Morgan fingerprint density at radius 1 is 1.30 bits per heavy atom. The van der Waals surface area contributed by atoms with Gasteiger partial charge in [-0.1, -0.05) is 13.3 Å². The summed E-state index contributed by atoms with van der Waals surface area (Å²) < 4.78 is 6.23. The van der Waals surface area contributed by atoms with Crippen molar-refractivity contribution in [1.29, 1.82) is 0 Å². The van der Waals surface area contributed by atoms with Gasteiger partial charge in [0.25, 0.3) is 11.5 Å². The van der Waals surface area contributed by atoms with Gasteiger partial charge in [0, 0.05) is 17.5 Å². The summed E-state index contributed by atoms with van der Waals surface area (Å²) in [5, 5.41) is 7.46. The number of esters is 1. The molecule has 8 heteroatoms. The number of carbonyl (C=O) groups is 2. The van der Waals surface area contributed by atoms with E-state index in [9.17, 15) is 14.4 Å². The number of anilines is 1. The Kier molecular flexibility index (Phi) is 6.05. The van der Waals surface area contributed by atoms with Gasteiger partial charge in [0.05, 0.1) is 12.7 Å². The van der Waals surface area contributed by atoms with Gasteiger partial charge in [-0.15, -0.1) is 11.3 Å². The molecule has 1 N–H and O–H groups in total. The minimum atomic E-state index is -0.441. The molecule has 2 heterocycles. The maximum atomic E-state index is 12.7. The van der Waals surface area contributed by atoms with Gasteiger partial charge in [-0.3, -0.25) is 9.59 Å². The van der Waals surface area contributed by atoms with E-state index >= 15 is 0 Å². The largest absolute Gasteiger partial charge is 0.465 e. The smallest absolute Gasteiger partial charge is 0.341 e. The number of nitrogens with one attached hydrogen (secondary N) is 1. The predicted molar refractivity (Wildman–Crippen MR) is 104 cm³/mol. The van der Waals surface area contributed by atoms with E-state index in [4.69, 9.17) is 4.74 Å². The Hall–Kier alpha value is -2.48. The first kappa shape index (κ1) is 19.3. The van der Waals surface area contributed by atoms with Crippen molar-refractivity contribution in [1.82, 2.24) is 9.78 Å². The molecule has 7 nitrogen and oxygen atoms in total. The Balaban J connectivity index is 1.89. The van der Waals surface area contributed by atoms with Crippen LogP contribution in [-0.4, -0.2) is 28.8 Å². The van der Waals surface area contributed by atoms with Crippen molar-refractivity contribution in [2.75, 3.05) is 12.4 Å². The third-order valence-corrected chi connectivity index (χ3v) is 5.82. The van der Waals surface area contributed by atoms with E-state index in [0.29, 0.717) is 17.1 Å². The number of aromatic nitrogens is 2. The molecule has 0 bridgehead atoms. The highest BCUT2D eigenvalue weighted by Gasteiger charge is 2.27. The second-order valence-electron chi connectivity index (χ2n) is 6.49. The summed E-state index contributed by atoms with van der Waals surface area (Å²) in [4.78, 5) is 38.0. The summed E-state index contributed by atoms with van der Waals surface area (Å²) in [6, 6.07) is 2.75. The molecular weight excluding hydrogens is 366 g/mol. The molecule has 0 saturated carbocycles. The summed E-state index contributed by atoms with van der Waals surface area (Å²) in [7, 11) is 1.34. The average molecular weight is 389 g/mol. The Morgan fingerprint density at radius 3 is 2.81 bits per heavy atom. The molecule has 1 amide bonds. The molecule has 27 heavy (non-hydrogen) atoms. The molecule has 1 aliphatic carbocycles. The van der Waals surface area contributed by atoms with Crippen molar-refractivity contribution in [3.63, 3.8) is 0 Å². The summed E-state index contributed by atoms with van der Waals surface area (Å²) in [6.45, 7) is 2.49. The van der Waals surface area contributed by atoms with Crippen molar-refractivity contribution in [2.24, 2.45) is 0 Å². The lowest BCUT2D eigenvalue weighted by atomic mass is 9.95. The van der Waals surface area contributed by atoms with Gasteiger partial charge in [0.1, 0.15) is 10.7 Å². The van der Waals surface area contributed by atoms with E-state index < -0.39 is 11.9 Å². The number of amides is 1. The summed E-state index contributed by atoms with van der Waals surface area (Å²) in [5.41, 5.74) is 1.34. The second-order valence-corrected chi connectivity index (χ2v) is 7.60. The Morgan fingerprint density at radius 2 is 2.07 bits per heavy atom. The van der Waals surface area contributed by atoms with Crippen LogP contribution in [0.25, 0.3) is 0 Å². The molecule has 144 valence electrons. The number of ether oxygens (including phenoxy) is 1. The molecule has 3 rings (SSSR count). The van der Waals surface area contributed by atoms with Gasteiger partial charge >= 0.3 is 5.97 Å². The number of carbonyl (C=O) groups excluding carboxylic acids is 2. The molecule has 0 radical (unpaired) electrons. The first-order chi connectivity index (χ1) is 13.0. The average Bonchev–Trinajstić information content (AvgIpc) is 3.04. The number of aryl methyl sites for hydroxylation is 2. The van der Waals surface area contributed by atoms with Crippen LogP contribution in [-0.2, 0) is 24.1 Å². The zero-order valence-electron chi connectivity index (χ0n) is 15.5. The normalized spacial score (nSPS) is 13.1. The van der Waals surface area contributed by atoms with Gasteiger partial charge in [0.15, 0.2) is 0 Å². The van der Waals surface area contributed by atoms with Crippen molar-refractivity contribution in [3.05, 3.63) is 44.2 Å². The second kappa shape index (κ2) is 8.47. The van der Waals surface area contributed by atoms with E-state index in [1.165, 1.54) is 35.3 Å². The summed E-state index contributed by atoms with van der Waals surface area (Å²) in [5.74, 6) is -0.880. The molecule has 0 aromatic carbocycles. The summed E-state index contributed by atoms with van der Waals surface area (Å²) in [6.07, 6.45) is 5.54. The SMILES string of the molecule is CCCCn1nc(C(=O)Nc2sc3c(c2C(=O)OC)CCCC3)ccc1=O. The number of thiophene rings is 1. The molecular formula is C19H23N3O4S. The zero-order chi connectivity index (χ0) is 19.4. The fraction of sp³-hybridized carbons (Fsp3) is 0.474.